The number of carboxylic acids is 1. The summed E-state index contributed by atoms with van der Waals surface area (Å²) in [4.78, 5) is 24.6. The van der Waals surface area contributed by atoms with Crippen LogP contribution in [0.25, 0.3) is 0 Å². The monoisotopic (exact) mass is 240 g/mol. The van der Waals surface area contributed by atoms with E-state index < -0.39 is 5.97 Å². The van der Waals surface area contributed by atoms with Gasteiger partial charge >= 0.3 is 5.97 Å². The van der Waals surface area contributed by atoms with Crippen LogP contribution in [-0.2, 0) is 9.59 Å². The van der Waals surface area contributed by atoms with E-state index in [1.54, 1.807) is 13.0 Å². The molecule has 0 aromatic heterocycles. The van der Waals surface area contributed by atoms with E-state index in [0.29, 0.717) is 19.6 Å². The zero-order valence-corrected chi connectivity index (χ0v) is 10.3. The minimum atomic E-state index is -0.779. The molecule has 1 amide bonds. The fourth-order valence-corrected chi connectivity index (χ4v) is 2.13. The van der Waals surface area contributed by atoms with Gasteiger partial charge in [0.25, 0.3) is 0 Å². The van der Waals surface area contributed by atoms with Crippen molar-refractivity contribution in [3.05, 3.63) is 12.7 Å². The lowest BCUT2D eigenvalue weighted by atomic mass is 9.99. The van der Waals surface area contributed by atoms with Gasteiger partial charge in [-0.15, -0.1) is 6.58 Å². The lowest BCUT2D eigenvalue weighted by molar-refractivity contribution is -0.142. The Kier molecular flexibility index (Phi) is 4.69. The first-order valence-electron chi connectivity index (χ1n) is 5.82. The van der Waals surface area contributed by atoms with Crippen LogP contribution in [0.1, 0.15) is 13.8 Å². The summed E-state index contributed by atoms with van der Waals surface area (Å²) in [7, 11) is 0. The minimum Gasteiger partial charge on any atom is -0.481 e. The van der Waals surface area contributed by atoms with Crippen LogP contribution in [0.2, 0.25) is 0 Å². The first kappa shape index (κ1) is 13.7. The first-order chi connectivity index (χ1) is 7.97. The summed E-state index contributed by atoms with van der Waals surface area (Å²) in [5.41, 5.74) is 0. The largest absolute Gasteiger partial charge is 0.481 e. The van der Waals surface area contributed by atoms with Gasteiger partial charge in [0.05, 0.1) is 12.0 Å². The summed E-state index contributed by atoms with van der Waals surface area (Å²) in [6.45, 7) is 8.78. The summed E-state index contributed by atoms with van der Waals surface area (Å²) < 4.78 is 0. The molecule has 1 rings (SSSR count). The summed E-state index contributed by atoms with van der Waals surface area (Å²) in [6.07, 6.45) is 1.62. The Balaban J connectivity index is 2.54. The van der Waals surface area contributed by atoms with E-state index in [0.717, 1.165) is 0 Å². The normalized spacial score (nSPS) is 26.5. The SMILES string of the molecule is C=CCNC(=O)C(C)N1CC(C)C(C(=O)O)C1. The van der Waals surface area contributed by atoms with Crippen molar-refractivity contribution >= 4 is 11.9 Å². The van der Waals surface area contributed by atoms with Crippen molar-refractivity contribution in [3.8, 4) is 0 Å². The molecular weight excluding hydrogens is 220 g/mol. The van der Waals surface area contributed by atoms with Crippen LogP contribution >= 0.6 is 0 Å². The summed E-state index contributed by atoms with van der Waals surface area (Å²) in [5, 5.41) is 11.7. The highest BCUT2D eigenvalue weighted by molar-refractivity contribution is 5.81. The van der Waals surface area contributed by atoms with E-state index in [4.69, 9.17) is 5.11 Å². The molecule has 2 N–H and O–H groups in total. The van der Waals surface area contributed by atoms with Gasteiger partial charge in [-0.3, -0.25) is 14.5 Å². The number of carboxylic acid groups (broad SMARTS) is 1. The third-order valence-electron chi connectivity index (χ3n) is 3.31. The molecule has 0 bridgehead atoms. The van der Waals surface area contributed by atoms with Crippen molar-refractivity contribution in [2.45, 2.75) is 19.9 Å². The molecule has 0 radical (unpaired) electrons. The Hall–Kier alpha value is -1.36. The average Bonchev–Trinajstić information content (AvgIpc) is 2.67. The number of hydrogen-bond acceptors (Lipinski definition) is 3. The number of rotatable bonds is 5. The van der Waals surface area contributed by atoms with Gasteiger partial charge in [0, 0.05) is 19.6 Å². The molecule has 0 aromatic carbocycles. The molecule has 96 valence electrons. The molecule has 17 heavy (non-hydrogen) atoms. The molecular formula is C12H20N2O3. The lowest BCUT2D eigenvalue weighted by Gasteiger charge is -2.22. The highest BCUT2D eigenvalue weighted by Gasteiger charge is 2.38. The molecule has 3 unspecified atom stereocenters. The quantitative estimate of drug-likeness (QED) is 0.679. The standard InChI is InChI=1S/C12H20N2O3/c1-4-5-13-11(15)9(3)14-6-8(2)10(7-14)12(16)17/h4,8-10H,1,5-7H2,2-3H3,(H,13,15)(H,16,17). The van der Waals surface area contributed by atoms with E-state index >= 15 is 0 Å². The molecule has 1 fully saturated rings. The second kappa shape index (κ2) is 5.82. The molecule has 0 aliphatic carbocycles. The molecule has 3 atom stereocenters. The van der Waals surface area contributed by atoms with Gasteiger partial charge < -0.3 is 10.4 Å². The Morgan fingerprint density at radius 3 is 2.71 bits per heavy atom. The smallest absolute Gasteiger partial charge is 0.308 e. The van der Waals surface area contributed by atoms with Crippen molar-refractivity contribution in [1.29, 1.82) is 0 Å². The van der Waals surface area contributed by atoms with Crippen LogP contribution in [0, 0.1) is 11.8 Å². The van der Waals surface area contributed by atoms with Crippen LogP contribution in [0.3, 0.4) is 0 Å². The zero-order valence-electron chi connectivity index (χ0n) is 10.3. The number of amides is 1. The topological polar surface area (TPSA) is 69.6 Å². The molecule has 1 heterocycles. The molecule has 1 aliphatic heterocycles. The second-order valence-corrected chi connectivity index (χ2v) is 4.59. The maximum Gasteiger partial charge on any atom is 0.308 e. The predicted octanol–water partition coefficient (Wildman–Crippen LogP) is 0.330. The molecule has 0 saturated carbocycles. The van der Waals surface area contributed by atoms with E-state index in [-0.39, 0.29) is 23.8 Å². The van der Waals surface area contributed by atoms with Crippen molar-refractivity contribution < 1.29 is 14.7 Å². The summed E-state index contributed by atoms with van der Waals surface area (Å²) in [6, 6.07) is -0.290. The maximum absolute atomic E-state index is 11.7. The van der Waals surface area contributed by atoms with Crippen LogP contribution in [0.15, 0.2) is 12.7 Å². The van der Waals surface area contributed by atoms with E-state index in [2.05, 4.69) is 11.9 Å². The predicted molar refractivity (Wildman–Crippen MR) is 64.5 cm³/mol. The Bertz CT molecular complexity index is 317. The van der Waals surface area contributed by atoms with Gasteiger partial charge in [0.15, 0.2) is 0 Å². The fourth-order valence-electron chi connectivity index (χ4n) is 2.13. The van der Waals surface area contributed by atoms with Crippen LogP contribution in [-0.4, -0.2) is 47.6 Å². The van der Waals surface area contributed by atoms with Crippen molar-refractivity contribution in [2.24, 2.45) is 11.8 Å². The van der Waals surface area contributed by atoms with Gasteiger partial charge in [0.2, 0.25) is 5.91 Å². The zero-order chi connectivity index (χ0) is 13.0. The number of carbonyl (C=O) groups is 2. The number of nitrogens with zero attached hydrogens (tertiary/aromatic N) is 1. The van der Waals surface area contributed by atoms with Crippen LogP contribution in [0.5, 0.6) is 0 Å². The minimum absolute atomic E-state index is 0.0804. The highest BCUT2D eigenvalue weighted by Crippen LogP contribution is 2.24. The van der Waals surface area contributed by atoms with Gasteiger partial charge in [0.1, 0.15) is 0 Å². The van der Waals surface area contributed by atoms with Crippen molar-refractivity contribution in [3.63, 3.8) is 0 Å². The summed E-state index contributed by atoms with van der Waals surface area (Å²) in [5.74, 6) is -1.14. The summed E-state index contributed by atoms with van der Waals surface area (Å²) >= 11 is 0. The fraction of sp³-hybridized carbons (Fsp3) is 0.667. The number of carbonyl (C=O) groups excluding carboxylic acids is 1. The number of nitrogens with one attached hydrogen (secondary N) is 1. The van der Waals surface area contributed by atoms with E-state index in [1.165, 1.54) is 0 Å². The number of likely N-dealkylation sites (tertiary alicyclic amines) is 1. The third kappa shape index (κ3) is 3.30. The van der Waals surface area contributed by atoms with E-state index in [9.17, 15) is 9.59 Å². The Morgan fingerprint density at radius 2 is 2.24 bits per heavy atom. The van der Waals surface area contributed by atoms with E-state index in [1.807, 2.05) is 11.8 Å². The maximum atomic E-state index is 11.7. The van der Waals surface area contributed by atoms with Gasteiger partial charge in [-0.1, -0.05) is 13.0 Å². The molecule has 0 spiro atoms. The number of aliphatic carboxylic acids is 1. The third-order valence-corrected chi connectivity index (χ3v) is 3.31. The lowest BCUT2D eigenvalue weighted by Crippen LogP contribution is -2.44. The molecule has 5 heteroatoms. The molecule has 1 saturated heterocycles. The Labute approximate surface area is 101 Å². The second-order valence-electron chi connectivity index (χ2n) is 4.59. The van der Waals surface area contributed by atoms with Crippen molar-refractivity contribution in [1.82, 2.24) is 10.2 Å². The van der Waals surface area contributed by atoms with Crippen molar-refractivity contribution in [2.75, 3.05) is 19.6 Å². The van der Waals surface area contributed by atoms with Gasteiger partial charge in [-0.2, -0.15) is 0 Å². The average molecular weight is 240 g/mol. The highest BCUT2D eigenvalue weighted by atomic mass is 16.4. The molecule has 5 nitrogen and oxygen atoms in total. The number of hydrogen-bond donors (Lipinski definition) is 2. The Morgan fingerprint density at radius 1 is 1.59 bits per heavy atom. The van der Waals surface area contributed by atoms with Crippen LogP contribution in [0.4, 0.5) is 0 Å². The van der Waals surface area contributed by atoms with Crippen LogP contribution < -0.4 is 5.32 Å². The molecule has 1 aliphatic rings. The van der Waals surface area contributed by atoms with Gasteiger partial charge in [-0.05, 0) is 12.8 Å². The first-order valence-corrected chi connectivity index (χ1v) is 5.82. The molecule has 0 aromatic rings. The van der Waals surface area contributed by atoms with Gasteiger partial charge in [-0.25, -0.2) is 0 Å².